The van der Waals surface area contributed by atoms with Crippen LogP contribution in [0.5, 0.6) is 23.0 Å². The van der Waals surface area contributed by atoms with Gasteiger partial charge in [0.15, 0.2) is 23.0 Å². The van der Waals surface area contributed by atoms with Gasteiger partial charge in [-0.2, -0.15) is 0 Å². The largest absolute Gasteiger partial charge is 0.493 e. The van der Waals surface area contributed by atoms with Gasteiger partial charge >= 0.3 is 0 Å². The van der Waals surface area contributed by atoms with Crippen LogP contribution in [0.4, 0.5) is 5.69 Å². The van der Waals surface area contributed by atoms with Crippen molar-refractivity contribution in [2.24, 2.45) is 0 Å². The van der Waals surface area contributed by atoms with Gasteiger partial charge in [-0.1, -0.05) is 6.07 Å². The zero-order valence-electron chi connectivity index (χ0n) is 18.2. The number of fused-ring (bicyclic) bond motifs is 1. The van der Waals surface area contributed by atoms with Crippen LogP contribution in [0.25, 0.3) is 0 Å². The fraction of sp³-hybridized carbons (Fsp3) is 0.435. The van der Waals surface area contributed by atoms with Crippen LogP contribution in [0.15, 0.2) is 36.4 Å². The molecule has 1 atom stereocenters. The number of nitrogens with zero attached hydrogens (tertiary/aromatic N) is 2. The molecule has 2 aromatic carbocycles. The van der Waals surface area contributed by atoms with E-state index in [0.717, 1.165) is 44.2 Å². The number of benzene rings is 2. The fourth-order valence-electron chi connectivity index (χ4n) is 3.93. The van der Waals surface area contributed by atoms with Crippen LogP contribution in [-0.4, -0.2) is 68.9 Å². The summed E-state index contributed by atoms with van der Waals surface area (Å²) in [5.41, 5.74) is 1.90. The third-order valence-electron chi connectivity index (χ3n) is 5.83. The van der Waals surface area contributed by atoms with Crippen LogP contribution in [0.3, 0.4) is 0 Å². The van der Waals surface area contributed by atoms with Gasteiger partial charge in [0.1, 0.15) is 0 Å². The molecule has 2 aliphatic rings. The van der Waals surface area contributed by atoms with E-state index in [-0.39, 0.29) is 11.9 Å². The maximum Gasteiger partial charge on any atom is 0.241 e. The third-order valence-corrected chi connectivity index (χ3v) is 5.83. The van der Waals surface area contributed by atoms with Gasteiger partial charge in [0.2, 0.25) is 12.7 Å². The van der Waals surface area contributed by atoms with Gasteiger partial charge in [0.25, 0.3) is 0 Å². The molecule has 1 fully saturated rings. The third kappa shape index (κ3) is 4.86. The Morgan fingerprint density at radius 3 is 2.48 bits per heavy atom. The first kappa shape index (κ1) is 21.3. The second kappa shape index (κ2) is 9.45. The van der Waals surface area contributed by atoms with Crippen molar-refractivity contribution in [3.05, 3.63) is 42.0 Å². The topological polar surface area (TPSA) is 72.5 Å². The van der Waals surface area contributed by atoms with Crippen molar-refractivity contribution in [2.45, 2.75) is 19.5 Å². The predicted molar refractivity (Wildman–Crippen MR) is 117 cm³/mol. The summed E-state index contributed by atoms with van der Waals surface area (Å²) in [6.07, 6.45) is 0. The molecule has 2 aliphatic heterocycles. The number of anilines is 1. The smallest absolute Gasteiger partial charge is 0.241 e. The van der Waals surface area contributed by atoms with Crippen LogP contribution in [0.2, 0.25) is 0 Å². The minimum absolute atomic E-state index is 0.0311. The first-order valence-corrected chi connectivity index (χ1v) is 10.4. The average Bonchev–Trinajstić information content (AvgIpc) is 3.27. The summed E-state index contributed by atoms with van der Waals surface area (Å²) in [6.45, 7) is 6.59. The number of methoxy groups -OCH3 is 2. The maximum absolute atomic E-state index is 12.8. The molecule has 0 aliphatic carbocycles. The van der Waals surface area contributed by atoms with Gasteiger partial charge in [0.05, 0.1) is 20.3 Å². The Morgan fingerprint density at radius 1 is 1.00 bits per heavy atom. The fourth-order valence-corrected chi connectivity index (χ4v) is 3.93. The van der Waals surface area contributed by atoms with E-state index >= 15 is 0 Å². The molecule has 0 saturated carbocycles. The first-order chi connectivity index (χ1) is 15.1. The molecule has 8 heteroatoms. The van der Waals surface area contributed by atoms with E-state index in [2.05, 4.69) is 21.2 Å². The quantitative estimate of drug-likeness (QED) is 0.728. The van der Waals surface area contributed by atoms with Gasteiger partial charge < -0.3 is 24.3 Å². The highest BCUT2D eigenvalue weighted by atomic mass is 16.7. The Hall–Kier alpha value is -2.97. The lowest BCUT2D eigenvalue weighted by Crippen LogP contribution is -2.52. The second-order valence-electron chi connectivity index (χ2n) is 7.73. The minimum Gasteiger partial charge on any atom is -0.493 e. The Balaban J connectivity index is 1.28. The minimum atomic E-state index is -0.221. The van der Waals surface area contributed by atoms with Gasteiger partial charge in [-0.25, -0.2) is 0 Å². The van der Waals surface area contributed by atoms with Crippen LogP contribution >= 0.6 is 0 Å². The molecule has 1 amide bonds. The number of piperazine rings is 1. The number of ether oxygens (including phenoxy) is 4. The summed E-state index contributed by atoms with van der Waals surface area (Å²) < 4.78 is 21.4. The average molecular weight is 428 g/mol. The molecule has 166 valence electrons. The lowest BCUT2D eigenvalue weighted by Gasteiger charge is -2.37. The van der Waals surface area contributed by atoms with E-state index in [1.165, 1.54) is 5.56 Å². The van der Waals surface area contributed by atoms with Crippen LogP contribution in [-0.2, 0) is 11.3 Å². The molecule has 0 radical (unpaired) electrons. The van der Waals surface area contributed by atoms with E-state index in [4.69, 9.17) is 18.9 Å². The van der Waals surface area contributed by atoms with Gasteiger partial charge in [0, 0.05) is 44.5 Å². The lowest BCUT2D eigenvalue weighted by molar-refractivity contribution is -0.121. The molecule has 0 unspecified atom stereocenters. The van der Waals surface area contributed by atoms with Crippen LogP contribution in [0, 0.1) is 0 Å². The van der Waals surface area contributed by atoms with E-state index in [1.807, 2.05) is 25.1 Å². The molecular weight excluding hydrogens is 398 g/mol. The van der Waals surface area contributed by atoms with Crippen molar-refractivity contribution in [1.82, 2.24) is 9.80 Å². The Labute approximate surface area is 182 Å². The Bertz CT molecular complexity index is 927. The molecule has 2 aromatic rings. The Morgan fingerprint density at radius 2 is 1.74 bits per heavy atom. The molecule has 2 heterocycles. The molecule has 4 rings (SSSR count). The summed E-state index contributed by atoms with van der Waals surface area (Å²) in [5, 5.41) is 2.98. The number of rotatable bonds is 7. The lowest BCUT2D eigenvalue weighted by atomic mass is 10.1. The van der Waals surface area contributed by atoms with Crippen molar-refractivity contribution in [2.75, 3.05) is 52.5 Å². The Kier molecular flexibility index (Phi) is 6.48. The van der Waals surface area contributed by atoms with Gasteiger partial charge in [-0.15, -0.1) is 0 Å². The summed E-state index contributed by atoms with van der Waals surface area (Å²) in [7, 11) is 3.17. The monoisotopic (exact) mass is 427 g/mol. The van der Waals surface area contributed by atoms with Crippen LogP contribution in [0.1, 0.15) is 12.5 Å². The molecule has 1 N–H and O–H groups in total. The highest BCUT2D eigenvalue weighted by molar-refractivity contribution is 5.94. The van der Waals surface area contributed by atoms with E-state index < -0.39 is 0 Å². The van der Waals surface area contributed by atoms with Crippen molar-refractivity contribution in [1.29, 1.82) is 0 Å². The van der Waals surface area contributed by atoms with E-state index in [9.17, 15) is 4.79 Å². The van der Waals surface area contributed by atoms with Gasteiger partial charge in [-0.05, 0) is 36.8 Å². The second-order valence-corrected chi connectivity index (χ2v) is 7.73. The van der Waals surface area contributed by atoms with Crippen molar-refractivity contribution >= 4 is 11.6 Å². The standard InChI is InChI=1S/C23H29N3O5/c1-16(23(27)24-18-5-7-19(28-2)21(13-18)29-3)26-10-8-25(9-11-26)14-17-4-6-20-22(12-17)31-15-30-20/h4-7,12-13,16H,8-11,14-15H2,1-3H3,(H,24,27)/t16-/m0/s1. The number of carbonyl (C=O) groups excluding carboxylic acids is 1. The van der Waals surface area contributed by atoms with Crippen LogP contribution < -0.4 is 24.3 Å². The number of hydrogen-bond acceptors (Lipinski definition) is 7. The molecule has 0 spiro atoms. The van der Waals surface area contributed by atoms with Crippen molar-refractivity contribution < 1.29 is 23.7 Å². The zero-order valence-corrected chi connectivity index (χ0v) is 18.2. The highest BCUT2D eigenvalue weighted by Crippen LogP contribution is 2.33. The van der Waals surface area contributed by atoms with Crippen molar-refractivity contribution in [3.63, 3.8) is 0 Å². The summed E-state index contributed by atoms with van der Waals surface area (Å²) in [4.78, 5) is 17.4. The number of amides is 1. The molecule has 8 nitrogen and oxygen atoms in total. The number of carbonyl (C=O) groups is 1. The number of nitrogens with one attached hydrogen (secondary N) is 1. The van der Waals surface area contributed by atoms with E-state index in [1.54, 1.807) is 26.4 Å². The molecular formula is C23H29N3O5. The summed E-state index contributed by atoms with van der Waals surface area (Å²) in [6, 6.07) is 11.2. The summed E-state index contributed by atoms with van der Waals surface area (Å²) >= 11 is 0. The molecule has 0 aromatic heterocycles. The zero-order chi connectivity index (χ0) is 21.8. The van der Waals surface area contributed by atoms with Crippen molar-refractivity contribution in [3.8, 4) is 23.0 Å². The molecule has 1 saturated heterocycles. The highest BCUT2D eigenvalue weighted by Gasteiger charge is 2.26. The van der Waals surface area contributed by atoms with Gasteiger partial charge in [-0.3, -0.25) is 14.6 Å². The summed E-state index contributed by atoms with van der Waals surface area (Å²) in [5.74, 6) is 2.81. The number of hydrogen-bond donors (Lipinski definition) is 1. The SMILES string of the molecule is COc1ccc(NC(=O)[C@H](C)N2CCN(Cc3ccc4c(c3)OCO4)CC2)cc1OC. The maximum atomic E-state index is 12.8. The molecule has 0 bridgehead atoms. The first-order valence-electron chi connectivity index (χ1n) is 10.4. The molecule has 31 heavy (non-hydrogen) atoms. The van der Waals surface area contributed by atoms with E-state index in [0.29, 0.717) is 24.0 Å². The normalized spacial score (nSPS) is 17.3. The predicted octanol–water partition coefficient (Wildman–Crippen LogP) is 2.58.